The molecule has 4 aliphatic rings. The number of hydrogen-bond acceptors (Lipinski definition) is 4. The largest absolute Gasteiger partial charge is 0.462 e. The quantitative estimate of drug-likeness (QED) is 0.747. The van der Waals surface area contributed by atoms with E-state index in [2.05, 4.69) is 5.10 Å². The van der Waals surface area contributed by atoms with Gasteiger partial charge in [0.25, 0.3) is 6.43 Å². The van der Waals surface area contributed by atoms with Gasteiger partial charge < -0.3 is 4.74 Å². The number of aromatic nitrogens is 3. The van der Waals surface area contributed by atoms with E-state index in [4.69, 9.17) is 9.72 Å². The number of hydrogen-bond donors (Lipinski definition) is 0. The molecule has 2 heterocycles. The highest BCUT2D eigenvalue weighted by Crippen LogP contribution is 2.60. The van der Waals surface area contributed by atoms with Gasteiger partial charge in [-0.3, -0.25) is 0 Å². The van der Waals surface area contributed by atoms with Gasteiger partial charge in [0, 0.05) is 5.41 Å². The van der Waals surface area contributed by atoms with E-state index in [1.54, 1.807) is 6.92 Å². The fourth-order valence-electron chi connectivity index (χ4n) is 6.19. The third kappa shape index (κ3) is 2.57. The van der Waals surface area contributed by atoms with Gasteiger partial charge in [-0.1, -0.05) is 0 Å². The summed E-state index contributed by atoms with van der Waals surface area (Å²) < 4.78 is 33.8. The fourth-order valence-corrected chi connectivity index (χ4v) is 6.19. The van der Waals surface area contributed by atoms with Gasteiger partial charge in [-0.2, -0.15) is 5.10 Å². The van der Waals surface area contributed by atoms with Gasteiger partial charge in [0.2, 0.25) is 0 Å². The van der Waals surface area contributed by atoms with E-state index in [0.717, 1.165) is 29.5 Å². The molecule has 144 valence electrons. The Kier molecular flexibility index (Phi) is 3.78. The van der Waals surface area contributed by atoms with Crippen LogP contribution in [0.25, 0.3) is 5.65 Å². The van der Waals surface area contributed by atoms with Crippen molar-refractivity contribution in [3.05, 3.63) is 29.2 Å². The number of ether oxygens (including phenoxy) is 1. The second kappa shape index (κ2) is 5.97. The first-order valence-corrected chi connectivity index (χ1v) is 9.83. The van der Waals surface area contributed by atoms with Gasteiger partial charge in [0.1, 0.15) is 11.3 Å². The van der Waals surface area contributed by atoms with Crippen molar-refractivity contribution < 1.29 is 18.3 Å². The molecule has 4 aliphatic carbocycles. The summed E-state index contributed by atoms with van der Waals surface area (Å²) in [5.74, 6) is 1.47. The van der Waals surface area contributed by atoms with Crippen LogP contribution in [0.5, 0.6) is 0 Å². The first-order chi connectivity index (χ1) is 13.0. The lowest BCUT2D eigenvalue weighted by Gasteiger charge is -2.56. The molecule has 2 aromatic rings. The second-order valence-electron chi connectivity index (χ2n) is 8.58. The highest BCUT2D eigenvalue weighted by atomic mass is 19.3. The summed E-state index contributed by atoms with van der Waals surface area (Å²) in [5, 5.41) is 4.00. The van der Waals surface area contributed by atoms with Crippen LogP contribution < -0.4 is 0 Å². The molecular weight excluding hydrogens is 352 g/mol. The van der Waals surface area contributed by atoms with Crippen LogP contribution in [0, 0.1) is 17.8 Å². The molecule has 2 aromatic heterocycles. The van der Waals surface area contributed by atoms with Crippen molar-refractivity contribution in [2.24, 2.45) is 17.8 Å². The Hall–Kier alpha value is -2.05. The van der Waals surface area contributed by atoms with Gasteiger partial charge >= 0.3 is 5.97 Å². The minimum absolute atomic E-state index is 0.129. The number of rotatable bonds is 4. The molecule has 5 nitrogen and oxygen atoms in total. The number of carbonyl (C=O) groups is 1. The lowest BCUT2D eigenvalue weighted by Crippen LogP contribution is -2.49. The van der Waals surface area contributed by atoms with Gasteiger partial charge in [-0.25, -0.2) is 23.1 Å². The van der Waals surface area contributed by atoms with Crippen molar-refractivity contribution in [3.8, 4) is 0 Å². The van der Waals surface area contributed by atoms with E-state index in [9.17, 15) is 13.6 Å². The number of alkyl halides is 2. The summed E-state index contributed by atoms with van der Waals surface area (Å²) in [6.45, 7) is 1.93. The maximum Gasteiger partial charge on any atom is 0.343 e. The van der Waals surface area contributed by atoms with Crippen LogP contribution in [0.4, 0.5) is 8.78 Å². The van der Waals surface area contributed by atoms with Crippen molar-refractivity contribution in [2.45, 2.75) is 57.3 Å². The van der Waals surface area contributed by atoms with Gasteiger partial charge in [-0.05, 0) is 69.3 Å². The average molecular weight is 375 g/mol. The molecule has 0 unspecified atom stereocenters. The topological polar surface area (TPSA) is 56.5 Å². The summed E-state index contributed by atoms with van der Waals surface area (Å²) in [4.78, 5) is 17.0. The predicted molar refractivity (Wildman–Crippen MR) is 93.8 cm³/mol. The molecule has 0 radical (unpaired) electrons. The maximum atomic E-state index is 13.8. The van der Waals surface area contributed by atoms with Crippen LogP contribution in [0.2, 0.25) is 0 Å². The number of halogens is 2. The number of esters is 1. The minimum atomic E-state index is -2.68. The Labute approximate surface area is 156 Å². The first-order valence-electron chi connectivity index (χ1n) is 9.83. The molecule has 0 N–H and O–H groups in total. The monoisotopic (exact) mass is 375 g/mol. The van der Waals surface area contributed by atoms with E-state index < -0.39 is 12.4 Å². The molecule has 4 bridgehead atoms. The summed E-state index contributed by atoms with van der Waals surface area (Å²) in [6.07, 6.45) is 5.47. The third-order valence-electron chi connectivity index (χ3n) is 6.80. The molecule has 0 saturated heterocycles. The average Bonchev–Trinajstić information content (AvgIpc) is 3.04. The molecular formula is C20H23F2N3O2. The van der Waals surface area contributed by atoms with Gasteiger partial charge in [0.15, 0.2) is 5.65 Å². The zero-order valence-corrected chi connectivity index (χ0v) is 15.3. The Balaban J connectivity index is 1.66. The molecule has 4 saturated carbocycles. The highest BCUT2D eigenvalue weighted by molar-refractivity contribution is 5.95. The predicted octanol–water partition coefficient (Wildman–Crippen LogP) is 4.31. The Morgan fingerprint density at radius 3 is 2.44 bits per heavy atom. The van der Waals surface area contributed by atoms with E-state index >= 15 is 0 Å². The van der Waals surface area contributed by atoms with Gasteiger partial charge in [-0.15, -0.1) is 0 Å². The maximum absolute atomic E-state index is 13.8. The van der Waals surface area contributed by atoms with Crippen LogP contribution in [0.1, 0.15) is 73.6 Å². The first kappa shape index (κ1) is 17.1. The molecule has 6 rings (SSSR count). The highest BCUT2D eigenvalue weighted by Gasteiger charge is 2.52. The lowest BCUT2D eigenvalue weighted by atomic mass is 9.49. The zero-order valence-electron chi connectivity index (χ0n) is 15.3. The second-order valence-corrected chi connectivity index (χ2v) is 8.58. The summed E-state index contributed by atoms with van der Waals surface area (Å²) in [7, 11) is 0. The van der Waals surface area contributed by atoms with Crippen molar-refractivity contribution in [1.29, 1.82) is 0 Å². The van der Waals surface area contributed by atoms with Crippen LogP contribution >= 0.6 is 0 Å². The van der Waals surface area contributed by atoms with Crippen LogP contribution in [0.15, 0.2) is 12.3 Å². The molecule has 0 atom stereocenters. The summed E-state index contributed by atoms with van der Waals surface area (Å²) in [6, 6.07) is 1.53. The van der Waals surface area contributed by atoms with E-state index in [1.807, 2.05) is 0 Å². The van der Waals surface area contributed by atoms with Crippen LogP contribution in [-0.4, -0.2) is 27.2 Å². The normalized spacial score (nSPS) is 31.8. The molecule has 7 heteroatoms. The molecule has 0 spiro atoms. The summed E-state index contributed by atoms with van der Waals surface area (Å²) in [5.41, 5.74) is 0.746. The number of carbonyl (C=O) groups excluding carboxylic acids is 1. The smallest absolute Gasteiger partial charge is 0.343 e. The molecule has 27 heavy (non-hydrogen) atoms. The van der Waals surface area contributed by atoms with Crippen molar-refractivity contribution in [2.75, 3.05) is 6.61 Å². The van der Waals surface area contributed by atoms with Crippen LogP contribution in [-0.2, 0) is 10.2 Å². The van der Waals surface area contributed by atoms with E-state index in [1.165, 1.54) is 31.5 Å². The van der Waals surface area contributed by atoms with Crippen molar-refractivity contribution in [1.82, 2.24) is 14.6 Å². The molecule has 0 aromatic carbocycles. The Morgan fingerprint density at radius 1 is 1.26 bits per heavy atom. The van der Waals surface area contributed by atoms with Crippen molar-refractivity contribution in [3.63, 3.8) is 0 Å². The Morgan fingerprint density at radius 2 is 1.89 bits per heavy atom. The number of nitrogens with zero attached hydrogens (tertiary/aromatic N) is 3. The lowest BCUT2D eigenvalue weighted by molar-refractivity contribution is -0.00735. The fraction of sp³-hybridized carbons (Fsp3) is 0.650. The Bertz CT molecular complexity index is 873. The van der Waals surface area contributed by atoms with Crippen molar-refractivity contribution >= 4 is 11.6 Å². The van der Waals surface area contributed by atoms with Gasteiger partial charge in [0.05, 0.1) is 18.5 Å². The summed E-state index contributed by atoms with van der Waals surface area (Å²) >= 11 is 0. The van der Waals surface area contributed by atoms with Crippen LogP contribution in [0.3, 0.4) is 0 Å². The van der Waals surface area contributed by atoms with E-state index in [-0.39, 0.29) is 28.9 Å². The third-order valence-corrected chi connectivity index (χ3v) is 6.80. The molecule has 0 aliphatic heterocycles. The zero-order chi connectivity index (χ0) is 18.8. The standard InChI is InChI=1S/C20H23F2N3O2/c1-2-27-19(26)14-10-23-25-15(17(21)22)6-16(24-18(14)25)20-7-11-3-12(8-20)5-13(4-11)9-20/h6,10-13,17H,2-5,7-9H2,1H3. The molecule has 4 fully saturated rings. The SMILES string of the molecule is CCOC(=O)c1cnn2c(C(F)F)cc(C34CC5CC(CC(C5)C3)C4)nc12. The van der Waals surface area contributed by atoms with E-state index in [0.29, 0.717) is 17.8 Å². The minimum Gasteiger partial charge on any atom is -0.462 e. The number of fused-ring (bicyclic) bond motifs is 1. The molecule has 0 amide bonds.